The van der Waals surface area contributed by atoms with Crippen molar-refractivity contribution in [3.05, 3.63) is 65.8 Å². The van der Waals surface area contributed by atoms with Crippen molar-refractivity contribution in [3.8, 4) is 33.3 Å². The number of aromatic amines is 2. The van der Waals surface area contributed by atoms with Gasteiger partial charge in [-0.05, 0) is 37.3 Å². The van der Waals surface area contributed by atoms with Crippen molar-refractivity contribution in [1.82, 2.24) is 35.1 Å². The van der Waals surface area contributed by atoms with Gasteiger partial charge in [0.15, 0.2) is 11.6 Å². The third kappa shape index (κ3) is 2.82. The molecule has 0 saturated heterocycles. The lowest BCUT2D eigenvalue weighted by atomic mass is 10.1. The van der Waals surface area contributed by atoms with Crippen LogP contribution < -0.4 is 0 Å². The van der Waals surface area contributed by atoms with Crippen LogP contribution in [0, 0.1) is 12.7 Å². The van der Waals surface area contributed by atoms with Gasteiger partial charge in [-0.15, -0.1) is 11.3 Å². The summed E-state index contributed by atoms with van der Waals surface area (Å²) < 4.78 is 15.5. The molecule has 6 rings (SSSR count). The summed E-state index contributed by atoms with van der Waals surface area (Å²) in [6.45, 7) is 2.05. The molecule has 6 aromatic heterocycles. The minimum absolute atomic E-state index is 0.218. The maximum atomic E-state index is 15.5. The van der Waals surface area contributed by atoms with Crippen LogP contribution in [0.25, 0.3) is 55.3 Å². The molecule has 9 heteroatoms. The van der Waals surface area contributed by atoms with E-state index in [1.54, 1.807) is 48.3 Å². The van der Waals surface area contributed by atoms with Crippen LogP contribution in [0.4, 0.5) is 4.39 Å². The number of halogens is 1. The smallest absolute Gasteiger partial charge is 0.161 e. The van der Waals surface area contributed by atoms with Crippen LogP contribution >= 0.6 is 11.3 Å². The van der Waals surface area contributed by atoms with Crippen LogP contribution in [0.15, 0.2) is 55.1 Å². The van der Waals surface area contributed by atoms with Crippen LogP contribution in [0.2, 0.25) is 0 Å². The summed E-state index contributed by atoms with van der Waals surface area (Å²) in [6, 6.07) is 9.45. The van der Waals surface area contributed by atoms with Crippen molar-refractivity contribution in [1.29, 1.82) is 0 Å². The van der Waals surface area contributed by atoms with Crippen molar-refractivity contribution in [2.45, 2.75) is 6.92 Å². The van der Waals surface area contributed by atoms with Crippen LogP contribution in [-0.2, 0) is 0 Å². The van der Waals surface area contributed by atoms with Gasteiger partial charge in [0.1, 0.15) is 22.6 Å². The van der Waals surface area contributed by atoms with Gasteiger partial charge in [0.2, 0.25) is 0 Å². The zero-order valence-electron chi connectivity index (χ0n) is 16.2. The van der Waals surface area contributed by atoms with Crippen molar-refractivity contribution >= 4 is 33.3 Å². The number of hydrogen-bond donors (Lipinski definition) is 2. The van der Waals surface area contributed by atoms with Gasteiger partial charge in [0, 0.05) is 29.0 Å². The maximum absolute atomic E-state index is 15.5. The number of H-pyrrole nitrogens is 2. The van der Waals surface area contributed by atoms with E-state index >= 15 is 4.39 Å². The third-order valence-electron chi connectivity index (χ3n) is 5.08. The summed E-state index contributed by atoms with van der Waals surface area (Å²) in [5.41, 5.74) is 4.02. The zero-order valence-corrected chi connectivity index (χ0v) is 17.0. The highest BCUT2D eigenvalue weighted by Gasteiger charge is 2.21. The Labute approximate surface area is 179 Å². The number of aromatic nitrogens is 7. The third-order valence-corrected chi connectivity index (χ3v) is 6.09. The maximum Gasteiger partial charge on any atom is 0.161 e. The Balaban J connectivity index is 1.56. The molecule has 31 heavy (non-hydrogen) atoms. The molecule has 0 radical (unpaired) electrons. The summed E-state index contributed by atoms with van der Waals surface area (Å²) in [7, 11) is 0. The van der Waals surface area contributed by atoms with E-state index in [0.29, 0.717) is 28.0 Å². The topological polar surface area (TPSA) is 96.0 Å². The summed E-state index contributed by atoms with van der Waals surface area (Å²) in [6.07, 6.45) is 6.53. The summed E-state index contributed by atoms with van der Waals surface area (Å²) in [5.74, 6) is -0.00653. The number of imidazole rings is 1. The number of aryl methyl sites for hydroxylation is 1. The molecule has 0 spiro atoms. The molecule has 0 fully saturated rings. The van der Waals surface area contributed by atoms with Crippen LogP contribution in [0.3, 0.4) is 0 Å². The van der Waals surface area contributed by atoms with Gasteiger partial charge in [-0.3, -0.25) is 20.1 Å². The Hall–Kier alpha value is -3.98. The summed E-state index contributed by atoms with van der Waals surface area (Å²) in [4.78, 5) is 23.1. The molecule has 0 saturated carbocycles. The first-order chi connectivity index (χ1) is 15.2. The predicted molar refractivity (Wildman–Crippen MR) is 118 cm³/mol. The average Bonchev–Trinajstić information content (AvgIpc) is 3.52. The van der Waals surface area contributed by atoms with Gasteiger partial charge in [0.25, 0.3) is 0 Å². The van der Waals surface area contributed by atoms with Crippen molar-refractivity contribution in [2.24, 2.45) is 0 Å². The van der Waals surface area contributed by atoms with Crippen molar-refractivity contribution in [2.75, 3.05) is 0 Å². The molecule has 150 valence electrons. The highest BCUT2D eigenvalue weighted by Crippen LogP contribution is 2.35. The van der Waals surface area contributed by atoms with E-state index in [0.717, 1.165) is 21.6 Å². The van der Waals surface area contributed by atoms with E-state index < -0.39 is 5.82 Å². The SMILES string of the molecule is Cc1ccc(-c2nccc3[nH]c(-c4n[nH]c5cnc(-c6cccnc6)c(F)c45)nc23)s1. The number of pyridine rings is 3. The van der Waals surface area contributed by atoms with E-state index in [1.807, 2.05) is 12.1 Å². The number of nitrogens with zero attached hydrogens (tertiary/aromatic N) is 5. The molecule has 7 nitrogen and oxygen atoms in total. The molecule has 6 heterocycles. The van der Waals surface area contributed by atoms with Gasteiger partial charge < -0.3 is 4.98 Å². The van der Waals surface area contributed by atoms with Crippen molar-refractivity contribution in [3.63, 3.8) is 0 Å². The number of fused-ring (bicyclic) bond motifs is 2. The Morgan fingerprint density at radius 1 is 0.935 bits per heavy atom. The molecular weight excluding hydrogens is 413 g/mol. The van der Waals surface area contributed by atoms with Gasteiger partial charge >= 0.3 is 0 Å². The first-order valence-electron chi connectivity index (χ1n) is 9.54. The first-order valence-corrected chi connectivity index (χ1v) is 10.4. The fourth-order valence-corrected chi connectivity index (χ4v) is 4.51. The molecule has 2 N–H and O–H groups in total. The molecule has 0 unspecified atom stereocenters. The number of rotatable bonds is 3. The molecule has 0 amide bonds. The molecule has 6 aromatic rings. The van der Waals surface area contributed by atoms with E-state index in [4.69, 9.17) is 4.98 Å². The second-order valence-corrected chi connectivity index (χ2v) is 8.36. The molecule has 0 bridgehead atoms. The quantitative estimate of drug-likeness (QED) is 0.408. The standard InChI is InChI=1S/C22H14FN7S/c1-11-4-5-15(31-11)20-19-13(6-8-25-20)27-22(28-19)21-16-14(29-30-21)10-26-18(17(16)23)12-3-2-7-24-9-12/h2-10H,1H3,(H,27,28)(H,29,30). The lowest BCUT2D eigenvalue weighted by Gasteiger charge is -2.03. The fourth-order valence-electron chi connectivity index (χ4n) is 3.64. The largest absolute Gasteiger partial charge is 0.336 e. The highest BCUT2D eigenvalue weighted by molar-refractivity contribution is 7.15. The van der Waals surface area contributed by atoms with Crippen LogP contribution in [-0.4, -0.2) is 35.1 Å². The number of thiophene rings is 1. The van der Waals surface area contributed by atoms with E-state index in [-0.39, 0.29) is 5.69 Å². The predicted octanol–water partition coefficient (Wildman–Crippen LogP) is 5.13. The minimum Gasteiger partial charge on any atom is -0.336 e. The Bertz CT molecular complexity index is 1570. The Morgan fingerprint density at radius 2 is 1.87 bits per heavy atom. The Morgan fingerprint density at radius 3 is 2.68 bits per heavy atom. The normalized spacial score (nSPS) is 11.5. The summed E-state index contributed by atoms with van der Waals surface area (Å²) >= 11 is 1.65. The number of hydrogen-bond acceptors (Lipinski definition) is 6. The highest BCUT2D eigenvalue weighted by atomic mass is 32.1. The summed E-state index contributed by atoms with van der Waals surface area (Å²) in [5, 5.41) is 7.52. The minimum atomic E-state index is -0.470. The van der Waals surface area contributed by atoms with Crippen LogP contribution in [0.1, 0.15) is 4.88 Å². The molecule has 0 aliphatic carbocycles. The van der Waals surface area contributed by atoms with Crippen molar-refractivity contribution < 1.29 is 4.39 Å². The van der Waals surface area contributed by atoms with Gasteiger partial charge in [0.05, 0.1) is 27.5 Å². The number of nitrogens with one attached hydrogen (secondary N) is 2. The fraction of sp³-hybridized carbons (Fsp3) is 0.0455. The monoisotopic (exact) mass is 427 g/mol. The average molecular weight is 427 g/mol. The Kier molecular flexibility index (Phi) is 3.90. The lowest BCUT2D eigenvalue weighted by Crippen LogP contribution is -1.92. The van der Waals surface area contributed by atoms with Crippen LogP contribution in [0.5, 0.6) is 0 Å². The first kappa shape index (κ1) is 17.8. The van der Waals surface area contributed by atoms with E-state index in [9.17, 15) is 0 Å². The second kappa shape index (κ2) is 6.78. The van der Waals surface area contributed by atoms with Gasteiger partial charge in [-0.2, -0.15) is 5.10 Å². The lowest BCUT2D eigenvalue weighted by molar-refractivity contribution is 0.638. The van der Waals surface area contributed by atoms with Gasteiger partial charge in [-0.25, -0.2) is 9.37 Å². The molecule has 0 aliphatic rings. The molecular formula is C22H14FN7S. The molecule has 0 atom stereocenters. The van der Waals surface area contributed by atoms with Gasteiger partial charge in [-0.1, -0.05) is 0 Å². The molecule has 0 aromatic carbocycles. The van der Waals surface area contributed by atoms with E-state index in [2.05, 4.69) is 43.1 Å². The van der Waals surface area contributed by atoms with E-state index in [1.165, 1.54) is 4.88 Å². The second-order valence-electron chi connectivity index (χ2n) is 7.07. The zero-order chi connectivity index (χ0) is 20.9. The molecule has 0 aliphatic heterocycles.